The molecule has 0 aliphatic carbocycles. The Morgan fingerprint density at radius 1 is 1.31 bits per heavy atom. The van der Waals surface area contributed by atoms with Gasteiger partial charge in [-0.25, -0.2) is 0 Å². The van der Waals surface area contributed by atoms with Crippen LogP contribution in [0.1, 0.15) is 46.5 Å². The summed E-state index contributed by atoms with van der Waals surface area (Å²) < 4.78 is 38.9. The molecule has 1 fully saturated rings. The monoisotopic (exact) mass is 237 g/mol. The number of nitrogens with zero attached hydrogens (tertiary/aromatic N) is 1. The molecule has 1 rings (SSSR count). The third-order valence-corrected chi connectivity index (χ3v) is 3.86. The summed E-state index contributed by atoms with van der Waals surface area (Å²) in [5, 5.41) is 0. The van der Waals surface area contributed by atoms with Crippen molar-refractivity contribution in [1.29, 1.82) is 0 Å². The van der Waals surface area contributed by atoms with E-state index in [9.17, 15) is 13.2 Å². The van der Waals surface area contributed by atoms with Crippen LogP contribution in [0.4, 0.5) is 13.2 Å². The number of piperidine rings is 1. The predicted octanol–water partition coefficient (Wildman–Crippen LogP) is 3.84. The van der Waals surface area contributed by atoms with Crippen molar-refractivity contribution in [1.82, 2.24) is 4.90 Å². The first-order valence-electron chi connectivity index (χ1n) is 6.22. The van der Waals surface area contributed by atoms with Gasteiger partial charge in [0, 0.05) is 6.04 Å². The van der Waals surface area contributed by atoms with Crippen LogP contribution in [0, 0.1) is 5.92 Å². The van der Waals surface area contributed by atoms with Crippen molar-refractivity contribution in [2.45, 2.75) is 64.7 Å². The van der Waals surface area contributed by atoms with Crippen LogP contribution in [-0.2, 0) is 0 Å². The molecule has 0 bridgehead atoms. The molecule has 4 heteroatoms. The topological polar surface area (TPSA) is 3.24 Å². The number of halogens is 3. The molecule has 1 aliphatic heterocycles. The van der Waals surface area contributed by atoms with Gasteiger partial charge in [0.25, 0.3) is 0 Å². The fourth-order valence-corrected chi connectivity index (χ4v) is 2.51. The molecule has 3 atom stereocenters. The maximum absolute atomic E-state index is 13.0. The third-order valence-electron chi connectivity index (χ3n) is 3.86. The number of hydrogen-bond acceptors (Lipinski definition) is 1. The van der Waals surface area contributed by atoms with Crippen molar-refractivity contribution >= 4 is 0 Å². The number of rotatable bonds is 3. The minimum absolute atomic E-state index is 0.0319. The lowest BCUT2D eigenvalue weighted by Gasteiger charge is -2.43. The lowest BCUT2D eigenvalue weighted by Crippen LogP contribution is -2.53. The zero-order chi connectivity index (χ0) is 12.3. The van der Waals surface area contributed by atoms with E-state index < -0.39 is 12.2 Å². The second-order valence-electron chi connectivity index (χ2n) is 4.85. The van der Waals surface area contributed by atoms with E-state index in [2.05, 4.69) is 0 Å². The third kappa shape index (κ3) is 3.12. The van der Waals surface area contributed by atoms with Crippen LogP contribution < -0.4 is 0 Å². The van der Waals surface area contributed by atoms with Gasteiger partial charge in [-0.05, 0) is 38.6 Å². The first-order chi connectivity index (χ1) is 7.40. The van der Waals surface area contributed by atoms with Crippen molar-refractivity contribution in [3.05, 3.63) is 0 Å². The first kappa shape index (κ1) is 13.8. The van der Waals surface area contributed by atoms with E-state index in [4.69, 9.17) is 0 Å². The van der Waals surface area contributed by atoms with E-state index in [-0.39, 0.29) is 18.4 Å². The second-order valence-corrected chi connectivity index (χ2v) is 4.85. The lowest BCUT2D eigenvalue weighted by molar-refractivity contribution is -0.201. The van der Waals surface area contributed by atoms with E-state index in [0.717, 1.165) is 19.3 Å². The molecule has 96 valence electrons. The molecule has 0 aromatic heterocycles. The largest absolute Gasteiger partial charge is 0.404 e. The fourth-order valence-electron chi connectivity index (χ4n) is 2.51. The molecule has 0 amide bonds. The van der Waals surface area contributed by atoms with Crippen LogP contribution in [-0.4, -0.2) is 29.7 Å². The van der Waals surface area contributed by atoms with Crippen molar-refractivity contribution in [3.63, 3.8) is 0 Å². The molecule has 0 saturated carbocycles. The van der Waals surface area contributed by atoms with E-state index in [1.54, 1.807) is 4.90 Å². The van der Waals surface area contributed by atoms with Gasteiger partial charge in [0.15, 0.2) is 0 Å². The Hall–Kier alpha value is -0.250. The van der Waals surface area contributed by atoms with Crippen LogP contribution >= 0.6 is 0 Å². The van der Waals surface area contributed by atoms with Gasteiger partial charge in [-0.2, -0.15) is 13.2 Å². The average molecular weight is 237 g/mol. The Morgan fingerprint density at radius 3 is 2.38 bits per heavy atom. The molecule has 16 heavy (non-hydrogen) atoms. The highest BCUT2D eigenvalue weighted by molar-refractivity contribution is 4.88. The van der Waals surface area contributed by atoms with Crippen molar-refractivity contribution in [2.75, 3.05) is 6.54 Å². The van der Waals surface area contributed by atoms with Crippen molar-refractivity contribution < 1.29 is 13.2 Å². The Labute approximate surface area is 96.0 Å². The van der Waals surface area contributed by atoms with Crippen molar-refractivity contribution in [2.24, 2.45) is 5.92 Å². The zero-order valence-electron chi connectivity index (χ0n) is 10.3. The number of hydrogen-bond donors (Lipinski definition) is 0. The van der Waals surface area contributed by atoms with Crippen LogP contribution in [0.15, 0.2) is 0 Å². The molecular weight excluding hydrogens is 215 g/mol. The summed E-state index contributed by atoms with van der Waals surface area (Å²) in [4.78, 5) is 1.64. The normalized spacial score (nSPS) is 30.4. The molecule has 3 unspecified atom stereocenters. The predicted molar refractivity (Wildman–Crippen MR) is 59.3 cm³/mol. The maximum Gasteiger partial charge on any atom is 0.404 e. The van der Waals surface area contributed by atoms with Crippen molar-refractivity contribution in [3.8, 4) is 0 Å². The van der Waals surface area contributed by atoms with E-state index >= 15 is 0 Å². The summed E-state index contributed by atoms with van der Waals surface area (Å²) in [6, 6.07) is -1.19. The summed E-state index contributed by atoms with van der Waals surface area (Å²) in [5.41, 5.74) is 0. The Balaban J connectivity index is 2.76. The Morgan fingerprint density at radius 2 is 1.94 bits per heavy atom. The summed E-state index contributed by atoms with van der Waals surface area (Å²) in [6.45, 7) is 6.42. The van der Waals surface area contributed by atoms with Gasteiger partial charge in [0.05, 0.1) is 0 Å². The SMILES string of the molecule is CCC1CCN(C(C)CC)C(C(F)(F)F)C1. The van der Waals surface area contributed by atoms with Gasteiger partial charge in [0.1, 0.15) is 6.04 Å². The number of likely N-dealkylation sites (tertiary alicyclic amines) is 1. The van der Waals surface area contributed by atoms with Gasteiger partial charge in [-0.3, -0.25) is 4.90 Å². The molecule has 1 nitrogen and oxygen atoms in total. The lowest BCUT2D eigenvalue weighted by atomic mass is 9.87. The van der Waals surface area contributed by atoms with Crippen LogP contribution in [0.2, 0.25) is 0 Å². The Kier molecular flexibility index (Phi) is 4.65. The Bertz CT molecular complexity index is 215. The summed E-state index contributed by atoms with van der Waals surface area (Å²) in [6.07, 6.45) is -1.24. The summed E-state index contributed by atoms with van der Waals surface area (Å²) in [5.74, 6) is 0.243. The highest BCUT2D eigenvalue weighted by Crippen LogP contribution is 2.36. The first-order valence-corrected chi connectivity index (χ1v) is 6.22. The molecule has 1 aliphatic rings. The zero-order valence-corrected chi connectivity index (χ0v) is 10.3. The molecule has 1 heterocycles. The maximum atomic E-state index is 13.0. The molecular formula is C12H22F3N. The fraction of sp³-hybridized carbons (Fsp3) is 1.00. The molecule has 0 N–H and O–H groups in total. The van der Waals surface area contributed by atoms with Gasteiger partial charge < -0.3 is 0 Å². The molecule has 0 aromatic rings. The molecule has 0 aromatic carbocycles. The van der Waals surface area contributed by atoms with E-state index in [1.165, 1.54) is 0 Å². The standard InChI is InChI=1S/C12H22F3N/c1-4-9(3)16-7-6-10(5-2)8-11(16)12(13,14)15/h9-11H,4-8H2,1-3H3. The minimum atomic E-state index is -4.07. The van der Waals surface area contributed by atoms with Gasteiger partial charge in [-0.15, -0.1) is 0 Å². The smallest absolute Gasteiger partial charge is 0.290 e. The van der Waals surface area contributed by atoms with Crippen LogP contribution in [0.3, 0.4) is 0 Å². The summed E-state index contributed by atoms with van der Waals surface area (Å²) in [7, 11) is 0. The van der Waals surface area contributed by atoms with Gasteiger partial charge >= 0.3 is 6.18 Å². The molecule has 0 radical (unpaired) electrons. The van der Waals surface area contributed by atoms with Gasteiger partial charge in [0.2, 0.25) is 0 Å². The van der Waals surface area contributed by atoms with E-state index in [1.807, 2.05) is 20.8 Å². The second kappa shape index (κ2) is 5.39. The average Bonchev–Trinajstić information content (AvgIpc) is 2.26. The number of alkyl halides is 3. The van der Waals surface area contributed by atoms with Gasteiger partial charge in [-0.1, -0.05) is 20.3 Å². The highest BCUT2D eigenvalue weighted by Gasteiger charge is 2.47. The van der Waals surface area contributed by atoms with Crippen LogP contribution in [0.25, 0.3) is 0 Å². The van der Waals surface area contributed by atoms with Crippen LogP contribution in [0.5, 0.6) is 0 Å². The quantitative estimate of drug-likeness (QED) is 0.721. The molecule has 0 spiro atoms. The minimum Gasteiger partial charge on any atom is -0.290 e. The summed E-state index contributed by atoms with van der Waals surface area (Å²) >= 11 is 0. The highest BCUT2D eigenvalue weighted by atomic mass is 19.4. The molecule has 1 saturated heterocycles. The van der Waals surface area contributed by atoms with E-state index in [0.29, 0.717) is 6.54 Å².